The van der Waals surface area contributed by atoms with Gasteiger partial charge in [-0.3, -0.25) is 4.21 Å². The Hall–Kier alpha value is -0.710. The van der Waals surface area contributed by atoms with E-state index in [1.54, 1.807) is 0 Å². The van der Waals surface area contributed by atoms with Gasteiger partial charge < -0.3 is 10.4 Å². The molecule has 0 fully saturated rings. The summed E-state index contributed by atoms with van der Waals surface area (Å²) in [5.74, 6) is 0.280. The molecule has 0 bridgehead atoms. The molecule has 2 N–H and O–H groups in total. The number of hydrogen-bond donors (Lipinski definition) is 2. The minimum atomic E-state index is -1.14. The molecular formula is C14H23NO2S. The summed E-state index contributed by atoms with van der Waals surface area (Å²) >= 11 is 0. The van der Waals surface area contributed by atoms with Gasteiger partial charge in [-0.2, -0.15) is 0 Å². The largest absolute Gasteiger partial charge is 0.391 e. The van der Waals surface area contributed by atoms with E-state index in [1.807, 2.05) is 45.9 Å². The van der Waals surface area contributed by atoms with Crippen LogP contribution in [0.1, 0.15) is 25.0 Å². The zero-order chi connectivity index (χ0) is 13.7. The molecule has 1 aromatic rings. The summed E-state index contributed by atoms with van der Waals surface area (Å²) in [6, 6.07) is 6.12. The molecule has 0 aromatic heterocycles. The van der Waals surface area contributed by atoms with E-state index in [9.17, 15) is 9.32 Å². The lowest BCUT2D eigenvalue weighted by Crippen LogP contribution is -2.34. The molecule has 4 heteroatoms. The molecular weight excluding hydrogens is 246 g/mol. The van der Waals surface area contributed by atoms with Crippen molar-refractivity contribution < 1.29 is 9.32 Å². The van der Waals surface area contributed by atoms with Crippen molar-refractivity contribution in [2.75, 3.05) is 12.3 Å². The highest BCUT2D eigenvalue weighted by molar-refractivity contribution is 7.85. The molecule has 2 atom stereocenters. The van der Waals surface area contributed by atoms with Crippen LogP contribution in [0.25, 0.3) is 0 Å². The number of hydrogen-bond acceptors (Lipinski definition) is 3. The third-order valence-electron chi connectivity index (χ3n) is 2.85. The fourth-order valence-corrected chi connectivity index (χ4v) is 2.74. The third-order valence-corrected chi connectivity index (χ3v) is 4.31. The van der Waals surface area contributed by atoms with E-state index in [0.29, 0.717) is 12.6 Å². The van der Waals surface area contributed by atoms with Crippen LogP contribution in [0.15, 0.2) is 23.1 Å². The van der Waals surface area contributed by atoms with Crippen LogP contribution in [-0.2, 0) is 10.8 Å². The summed E-state index contributed by atoms with van der Waals surface area (Å²) < 4.78 is 12.1. The van der Waals surface area contributed by atoms with Crippen LogP contribution in [0.3, 0.4) is 0 Å². The summed E-state index contributed by atoms with van der Waals surface area (Å²) in [5.41, 5.74) is 2.33. The Balaban J connectivity index is 2.56. The SMILES string of the molecule is Cc1ccc(S(=O)CC(O)CNC(C)C)cc1C. The number of rotatable bonds is 6. The molecule has 0 saturated carbocycles. The molecule has 18 heavy (non-hydrogen) atoms. The van der Waals surface area contributed by atoms with Gasteiger partial charge in [0.1, 0.15) is 0 Å². The zero-order valence-corrected chi connectivity index (χ0v) is 12.4. The van der Waals surface area contributed by atoms with Gasteiger partial charge in [-0.25, -0.2) is 0 Å². The number of aliphatic hydroxyl groups excluding tert-OH is 1. The maximum atomic E-state index is 12.1. The molecule has 0 amide bonds. The molecule has 0 spiro atoms. The second-order valence-corrected chi connectivity index (χ2v) is 6.47. The van der Waals surface area contributed by atoms with E-state index >= 15 is 0 Å². The van der Waals surface area contributed by atoms with E-state index in [4.69, 9.17) is 0 Å². The summed E-state index contributed by atoms with van der Waals surface area (Å²) in [7, 11) is -1.14. The monoisotopic (exact) mass is 269 g/mol. The number of nitrogens with one attached hydrogen (secondary N) is 1. The Bertz CT molecular complexity index is 418. The highest BCUT2D eigenvalue weighted by Crippen LogP contribution is 2.13. The average molecular weight is 269 g/mol. The summed E-state index contributed by atoms with van der Waals surface area (Å²) in [4.78, 5) is 0.793. The Kier molecular flexibility index (Phi) is 5.99. The maximum absolute atomic E-state index is 12.1. The molecule has 0 saturated heterocycles. The third kappa shape index (κ3) is 4.88. The second kappa shape index (κ2) is 7.02. The van der Waals surface area contributed by atoms with Crippen molar-refractivity contribution in [1.82, 2.24) is 5.32 Å². The van der Waals surface area contributed by atoms with Crippen LogP contribution >= 0.6 is 0 Å². The number of benzene rings is 1. The van der Waals surface area contributed by atoms with Gasteiger partial charge in [-0.15, -0.1) is 0 Å². The van der Waals surface area contributed by atoms with E-state index < -0.39 is 16.9 Å². The van der Waals surface area contributed by atoms with Crippen molar-refractivity contribution in [3.8, 4) is 0 Å². The average Bonchev–Trinajstić information content (AvgIpc) is 2.30. The lowest BCUT2D eigenvalue weighted by atomic mass is 10.1. The molecule has 0 aliphatic carbocycles. The first kappa shape index (κ1) is 15.3. The first-order valence-electron chi connectivity index (χ1n) is 6.27. The van der Waals surface area contributed by atoms with Crippen molar-refractivity contribution in [3.63, 3.8) is 0 Å². The van der Waals surface area contributed by atoms with Gasteiger partial charge in [-0.1, -0.05) is 19.9 Å². The molecule has 1 rings (SSSR count). The molecule has 102 valence electrons. The van der Waals surface area contributed by atoms with E-state index in [0.717, 1.165) is 10.5 Å². The standard InChI is InChI=1S/C14H23NO2S/c1-10(2)15-8-13(16)9-18(17)14-6-5-11(3)12(4)7-14/h5-7,10,13,15-16H,8-9H2,1-4H3. The van der Waals surface area contributed by atoms with Gasteiger partial charge >= 0.3 is 0 Å². The van der Waals surface area contributed by atoms with Crippen molar-refractivity contribution in [3.05, 3.63) is 29.3 Å². The summed E-state index contributed by atoms with van der Waals surface area (Å²) in [6.07, 6.45) is -0.574. The Morgan fingerprint density at radius 3 is 2.50 bits per heavy atom. The summed E-state index contributed by atoms with van der Waals surface area (Å²) in [5, 5.41) is 12.9. The topological polar surface area (TPSA) is 49.3 Å². The predicted octanol–water partition coefficient (Wildman–Crippen LogP) is 1.77. The highest BCUT2D eigenvalue weighted by Gasteiger charge is 2.12. The van der Waals surface area contributed by atoms with Crippen molar-refractivity contribution >= 4 is 10.8 Å². The fourth-order valence-electron chi connectivity index (χ4n) is 1.56. The number of aryl methyl sites for hydroxylation is 2. The van der Waals surface area contributed by atoms with Gasteiger partial charge in [0.05, 0.1) is 22.7 Å². The minimum absolute atomic E-state index is 0.280. The van der Waals surface area contributed by atoms with Crippen molar-refractivity contribution in [1.29, 1.82) is 0 Å². The van der Waals surface area contributed by atoms with E-state index in [-0.39, 0.29) is 5.75 Å². The van der Waals surface area contributed by atoms with Crippen LogP contribution in [0.4, 0.5) is 0 Å². The van der Waals surface area contributed by atoms with Crippen LogP contribution in [0.2, 0.25) is 0 Å². The van der Waals surface area contributed by atoms with Gasteiger partial charge in [0.2, 0.25) is 0 Å². The van der Waals surface area contributed by atoms with Gasteiger partial charge in [0.25, 0.3) is 0 Å². The summed E-state index contributed by atoms with van der Waals surface area (Å²) in [6.45, 7) is 8.56. The van der Waals surface area contributed by atoms with Crippen LogP contribution in [-0.4, -0.2) is 33.8 Å². The lowest BCUT2D eigenvalue weighted by Gasteiger charge is -2.14. The highest BCUT2D eigenvalue weighted by atomic mass is 32.2. The fraction of sp³-hybridized carbons (Fsp3) is 0.571. The van der Waals surface area contributed by atoms with Crippen molar-refractivity contribution in [2.24, 2.45) is 0 Å². The molecule has 0 aliphatic rings. The molecule has 2 unspecified atom stereocenters. The molecule has 0 aliphatic heterocycles. The van der Waals surface area contributed by atoms with E-state index in [2.05, 4.69) is 5.32 Å². The van der Waals surface area contributed by atoms with Gasteiger partial charge in [-0.05, 0) is 37.1 Å². The normalized spacial score (nSPS) is 14.8. The molecule has 1 aromatic carbocycles. The molecule has 0 heterocycles. The Labute approximate surface area is 112 Å². The molecule has 0 radical (unpaired) electrons. The second-order valence-electron chi connectivity index (χ2n) is 4.98. The predicted molar refractivity (Wildman–Crippen MR) is 76.3 cm³/mol. The quantitative estimate of drug-likeness (QED) is 0.827. The maximum Gasteiger partial charge on any atom is 0.0783 e. The number of aliphatic hydroxyl groups is 1. The molecule has 3 nitrogen and oxygen atoms in total. The van der Waals surface area contributed by atoms with Gasteiger partial charge in [0.15, 0.2) is 0 Å². The van der Waals surface area contributed by atoms with Crippen LogP contribution < -0.4 is 5.32 Å². The Morgan fingerprint density at radius 1 is 1.28 bits per heavy atom. The zero-order valence-electron chi connectivity index (χ0n) is 11.6. The first-order chi connectivity index (χ1) is 8.40. The Morgan fingerprint density at radius 2 is 1.94 bits per heavy atom. The lowest BCUT2D eigenvalue weighted by molar-refractivity contribution is 0.191. The first-order valence-corrected chi connectivity index (χ1v) is 7.59. The van der Waals surface area contributed by atoms with E-state index in [1.165, 1.54) is 5.56 Å². The van der Waals surface area contributed by atoms with Gasteiger partial charge in [0, 0.05) is 17.5 Å². The van der Waals surface area contributed by atoms with Crippen LogP contribution in [0, 0.1) is 13.8 Å². The smallest absolute Gasteiger partial charge is 0.0783 e. The van der Waals surface area contributed by atoms with Crippen molar-refractivity contribution in [2.45, 2.75) is 44.7 Å². The van der Waals surface area contributed by atoms with Crippen LogP contribution in [0.5, 0.6) is 0 Å². The minimum Gasteiger partial charge on any atom is -0.391 e.